The van der Waals surface area contributed by atoms with Gasteiger partial charge in [-0.25, -0.2) is 0 Å². The third kappa shape index (κ3) is 2.88. The number of aryl methyl sites for hydroxylation is 1. The van der Waals surface area contributed by atoms with Crippen LogP contribution >= 0.6 is 12.6 Å². The second-order valence-electron chi connectivity index (χ2n) is 3.19. The molecule has 0 aromatic heterocycles. The van der Waals surface area contributed by atoms with Gasteiger partial charge in [0.05, 0.1) is 0 Å². The molecule has 0 heterocycles. The molecule has 0 N–H and O–H groups in total. The van der Waals surface area contributed by atoms with Crippen LogP contribution in [-0.4, -0.2) is 5.78 Å². The van der Waals surface area contributed by atoms with Crippen LogP contribution in [0.2, 0.25) is 0 Å². The zero-order valence-corrected chi connectivity index (χ0v) is 8.90. The third-order valence-corrected chi connectivity index (χ3v) is 2.29. The van der Waals surface area contributed by atoms with Crippen molar-refractivity contribution < 1.29 is 4.79 Å². The van der Waals surface area contributed by atoms with E-state index in [0.717, 1.165) is 16.9 Å². The van der Waals surface area contributed by atoms with Gasteiger partial charge in [0.2, 0.25) is 0 Å². The molecule has 0 atom stereocenters. The van der Waals surface area contributed by atoms with E-state index in [1.165, 1.54) is 5.56 Å². The first-order valence-corrected chi connectivity index (χ1v) is 4.88. The van der Waals surface area contributed by atoms with Gasteiger partial charge in [0.1, 0.15) is 5.78 Å². The average molecular weight is 194 g/mol. The highest BCUT2D eigenvalue weighted by Crippen LogP contribution is 2.16. The molecule has 0 aliphatic heterocycles. The lowest BCUT2D eigenvalue weighted by molar-refractivity contribution is -0.116. The number of carbonyl (C=O) groups excluding carboxylic acids is 1. The minimum atomic E-state index is 0.202. The lowest BCUT2D eigenvalue weighted by atomic mass is 10.0. The van der Waals surface area contributed by atoms with Gasteiger partial charge in [0.15, 0.2) is 0 Å². The Bertz CT molecular complexity index is 318. The zero-order chi connectivity index (χ0) is 9.84. The Kier molecular flexibility index (Phi) is 3.55. The molecule has 0 saturated carbocycles. The Balaban J connectivity index is 3.01. The molecule has 1 aromatic carbocycles. The van der Waals surface area contributed by atoms with Crippen LogP contribution in [0.1, 0.15) is 25.0 Å². The summed E-state index contributed by atoms with van der Waals surface area (Å²) in [6.45, 7) is 3.71. The minimum Gasteiger partial charge on any atom is -0.300 e. The van der Waals surface area contributed by atoms with Crippen LogP contribution in [0.25, 0.3) is 0 Å². The maximum Gasteiger partial charge on any atom is 0.134 e. The monoisotopic (exact) mass is 194 g/mol. The zero-order valence-electron chi connectivity index (χ0n) is 8.00. The van der Waals surface area contributed by atoms with Gasteiger partial charge in [-0.3, -0.25) is 4.79 Å². The number of carbonyl (C=O) groups is 1. The molecule has 0 radical (unpaired) electrons. The number of thiol groups is 1. The molecule has 1 rings (SSSR count). The van der Waals surface area contributed by atoms with Crippen LogP contribution in [0.4, 0.5) is 0 Å². The molecule has 0 aliphatic carbocycles. The highest BCUT2D eigenvalue weighted by atomic mass is 32.1. The summed E-state index contributed by atoms with van der Waals surface area (Å²) in [6, 6.07) is 5.98. The number of hydrogen-bond donors (Lipinski definition) is 1. The highest BCUT2D eigenvalue weighted by molar-refractivity contribution is 7.80. The highest BCUT2D eigenvalue weighted by Gasteiger charge is 2.03. The molecular weight excluding hydrogens is 180 g/mol. The molecule has 0 unspecified atom stereocenters. The summed E-state index contributed by atoms with van der Waals surface area (Å²) >= 11 is 4.25. The van der Waals surface area contributed by atoms with E-state index in [1.54, 1.807) is 6.92 Å². The van der Waals surface area contributed by atoms with E-state index in [4.69, 9.17) is 0 Å². The van der Waals surface area contributed by atoms with E-state index in [0.29, 0.717) is 6.42 Å². The molecular formula is C11H14OS. The second-order valence-corrected chi connectivity index (χ2v) is 3.70. The molecule has 2 heteroatoms. The van der Waals surface area contributed by atoms with Crippen molar-refractivity contribution in [3.8, 4) is 0 Å². The molecule has 1 nitrogen and oxygen atoms in total. The molecule has 0 fully saturated rings. The van der Waals surface area contributed by atoms with Crippen molar-refractivity contribution >= 4 is 18.4 Å². The van der Waals surface area contributed by atoms with Crippen molar-refractivity contribution in [3.63, 3.8) is 0 Å². The Morgan fingerprint density at radius 1 is 1.38 bits per heavy atom. The predicted molar refractivity (Wildman–Crippen MR) is 57.5 cm³/mol. The summed E-state index contributed by atoms with van der Waals surface area (Å²) in [5.41, 5.74) is 2.36. The largest absolute Gasteiger partial charge is 0.300 e. The number of ketones is 1. The van der Waals surface area contributed by atoms with Crippen LogP contribution in [0.15, 0.2) is 23.1 Å². The summed E-state index contributed by atoms with van der Waals surface area (Å²) in [7, 11) is 0. The molecule has 0 spiro atoms. The lowest BCUT2D eigenvalue weighted by Crippen LogP contribution is -2.00. The SMILES string of the molecule is CCc1ccc(S)cc1CC(C)=O. The van der Waals surface area contributed by atoms with Gasteiger partial charge in [-0.05, 0) is 36.6 Å². The van der Waals surface area contributed by atoms with E-state index in [9.17, 15) is 4.79 Å². The maximum atomic E-state index is 11.0. The molecule has 0 bridgehead atoms. The predicted octanol–water partition coefficient (Wildman–Crippen LogP) is 2.67. The maximum absolute atomic E-state index is 11.0. The molecule has 1 aromatic rings. The average Bonchev–Trinajstić information content (AvgIpc) is 2.03. The second kappa shape index (κ2) is 4.47. The van der Waals surface area contributed by atoms with Gasteiger partial charge >= 0.3 is 0 Å². The fraction of sp³-hybridized carbons (Fsp3) is 0.364. The fourth-order valence-corrected chi connectivity index (χ4v) is 1.62. The quantitative estimate of drug-likeness (QED) is 0.732. The molecule has 0 aliphatic rings. The Morgan fingerprint density at radius 2 is 2.08 bits per heavy atom. The summed E-state index contributed by atoms with van der Waals surface area (Å²) in [5.74, 6) is 0.202. The van der Waals surface area contributed by atoms with Crippen molar-refractivity contribution in [2.75, 3.05) is 0 Å². The van der Waals surface area contributed by atoms with Gasteiger partial charge in [-0.2, -0.15) is 0 Å². The minimum absolute atomic E-state index is 0.202. The van der Waals surface area contributed by atoms with E-state index >= 15 is 0 Å². The van der Waals surface area contributed by atoms with Crippen molar-refractivity contribution in [2.24, 2.45) is 0 Å². The number of hydrogen-bond acceptors (Lipinski definition) is 2. The lowest BCUT2D eigenvalue weighted by Gasteiger charge is -2.06. The topological polar surface area (TPSA) is 17.1 Å². The Labute approximate surface area is 84.6 Å². The summed E-state index contributed by atoms with van der Waals surface area (Å²) < 4.78 is 0. The molecule has 70 valence electrons. The van der Waals surface area contributed by atoms with Gasteiger partial charge in [-0.15, -0.1) is 12.6 Å². The van der Waals surface area contributed by atoms with Crippen molar-refractivity contribution in [1.29, 1.82) is 0 Å². The number of benzene rings is 1. The molecule has 0 saturated heterocycles. The third-order valence-electron chi connectivity index (χ3n) is 2.01. The molecule has 0 amide bonds. The normalized spacial score (nSPS) is 10.1. The van der Waals surface area contributed by atoms with Crippen molar-refractivity contribution in [1.82, 2.24) is 0 Å². The summed E-state index contributed by atoms with van der Waals surface area (Å²) in [6.07, 6.45) is 1.49. The fourth-order valence-electron chi connectivity index (χ4n) is 1.39. The van der Waals surface area contributed by atoms with E-state index in [1.807, 2.05) is 18.2 Å². The van der Waals surface area contributed by atoms with Crippen LogP contribution in [-0.2, 0) is 17.6 Å². The van der Waals surface area contributed by atoms with Gasteiger partial charge in [0, 0.05) is 11.3 Å². The molecule has 13 heavy (non-hydrogen) atoms. The van der Waals surface area contributed by atoms with Crippen LogP contribution in [0.3, 0.4) is 0 Å². The van der Waals surface area contributed by atoms with E-state index < -0.39 is 0 Å². The van der Waals surface area contributed by atoms with Crippen LogP contribution in [0.5, 0.6) is 0 Å². The Morgan fingerprint density at radius 3 is 2.62 bits per heavy atom. The first kappa shape index (κ1) is 10.3. The standard InChI is InChI=1S/C11H14OS/c1-3-9-4-5-11(13)7-10(9)6-8(2)12/h4-5,7,13H,3,6H2,1-2H3. The Hall–Kier alpha value is -0.760. The van der Waals surface area contributed by atoms with Crippen LogP contribution < -0.4 is 0 Å². The van der Waals surface area contributed by atoms with E-state index in [2.05, 4.69) is 19.6 Å². The summed E-state index contributed by atoms with van der Waals surface area (Å²) in [5, 5.41) is 0. The first-order valence-electron chi connectivity index (χ1n) is 4.43. The van der Waals surface area contributed by atoms with Crippen molar-refractivity contribution in [3.05, 3.63) is 29.3 Å². The number of Topliss-reactive ketones (excluding diaryl/α,β-unsaturated/α-hetero) is 1. The first-order chi connectivity index (χ1) is 6.13. The smallest absolute Gasteiger partial charge is 0.134 e. The van der Waals surface area contributed by atoms with Crippen molar-refractivity contribution in [2.45, 2.75) is 31.6 Å². The van der Waals surface area contributed by atoms with Gasteiger partial charge in [0.25, 0.3) is 0 Å². The van der Waals surface area contributed by atoms with Crippen LogP contribution in [0, 0.1) is 0 Å². The van der Waals surface area contributed by atoms with E-state index in [-0.39, 0.29) is 5.78 Å². The van der Waals surface area contributed by atoms with Gasteiger partial charge < -0.3 is 0 Å². The summed E-state index contributed by atoms with van der Waals surface area (Å²) in [4.78, 5) is 11.9. The van der Waals surface area contributed by atoms with Gasteiger partial charge in [-0.1, -0.05) is 13.0 Å². The number of rotatable bonds is 3.